The number of aromatic nitrogens is 4. The largest absolute Gasteiger partial charge is 0.364 e. The van der Waals surface area contributed by atoms with Gasteiger partial charge in [-0.15, -0.1) is 34.2 Å². The highest BCUT2D eigenvalue weighted by Gasteiger charge is 2.29. The van der Waals surface area contributed by atoms with Gasteiger partial charge in [0.15, 0.2) is 11.8 Å². The highest BCUT2D eigenvalue weighted by atomic mass is 127. The summed E-state index contributed by atoms with van der Waals surface area (Å²) in [4.78, 5) is 6.85. The Morgan fingerprint density at radius 2 is 2.00 bits per heavy atom. The van der Waals surface area contributed by atoms with Gasteiger partial charge in [0.1, 0.15) is 24.4 Å². The van der Waals surface area contributed by atoms with E-state index in [1.165, 1.54) is 10.6 Å². The van der Waals surface area contributed by atoms with Crippen molar-refractivity contribution in [3.63, 3.8) is 0 Å². The van der Waals surface area contributed by atoms with Crippen molar-refractivity contribution < 1.29 is 12.9 Å². The number of hydrogen-bond acceptors (Lipinski definition) is 7. The van der Waals surface area contributed by atoms with Gasteiger partial charge in [0.2, 0.25) is 10.0 Å². The molecule has 0 radical (unpaired) electrons. The Morgan fingerprint density at radius 3 is 2.71 bits per heavy atom. The SMILES string of the molecule is CCNC(=NCc1nnc2n1CCCC2)N1CCN(S(=O)(=O)Cc2ccon2)CC1.I. The van der Waals surface area contributed by atoms with E-state index in [-0.39, 0.29) is 29.7 Å². The maximum Gasteiger partial charge on any atom is 0.220 e. The molecule has 0 bridgehead atoms. The minimum absolute atomic E-state index is 0. The fourth-order valence-electron chi connectivity index (χ4n) is 3.83. The van der Waals surface area contributed by atoms with Crippen molar-refractivity contribution in [3.05, 3.63) is 29.7 Å². The Labute approximate surface area is 199 Å². The molecule has 4 heterocycles. The topological polar surface area (TPSA) is 122 Å². The van der Waals surface area contributed by atoms with E-state index in [2.05, 4.69) is 30.1 Å². The molecule has 13 heteroatoms. The average Bonchev–Trinajstić information content (AvgIpc) is 3.41. The second kappa shape index (κ2) is 10.7. The van der Waals surface area contributed by atoms with Gasteiger partial charge in [-0.05, 0) is 19.8 Å². The van der Waals surface area contributed by atoms with Crippen molar-refractivity contribution in [1.82, 2.24) is 34.4 Å². The number of guanidine groups is 1. The van der Waals surface area contributed by atoms with Gasteiger partial charge >= 0.3 is 0 Å². The minimum atomic E-state index is -3.42. The van der Waals surface area contributed by atoms with Crippen molar-refractivity contribution in [2.75, 3.05) is 32.7 Å². The fourth-order valence-corrected chi connectivity index (χ4v) is 5.25. The first-order valence-corrected chi connectivity index (χ1v) is 12.0. The molecule has 0 unspecified atom stereocenters. The minimum Gasteiger partial charge on any atom is -0.364 e. The molecule has 4 rings (SSSR count). The normalized spacial score (nSPS) is 17.8. The van der Waals surface area contributed by atoms with Crippen LogP contribution in [0.3, 0.4) is 0 Å². The summed E-state index contributed by atoms with van der Waals surface area (Å²) in [5.41, 5.74) is 0.420. The lowest BCUT2D eigenvalue weighted by molar-refractivity contribution is 0.259. The third-order valence-corrected chi connectivity index (χ3v) is 7.21. The number of rotatable bonds is 6. The number of fused-ring (bicyclic) bond motifs is 1. The van der Waals surface area contributed by atoms with Gasteiger partial charge in [-0.1, -0.05) is 5.16 Å². The van der Waals surface area contributed by atoms with Crippen molar-refractivity contribution in [1.29, 1.82) is 0 Å². The maximum absolute atomic E-state index is 12.6. The summed E-state index contributed by atoms with van der Waals surface area (Å²) in [5, 5.41) is 15.6. The molecular weight excluding hydrogens is 535 g/mol. The van der Waals surface area contributed by atoms with Gasteiger partial charge in [-0.25, -0.2) is 13.4 Å². The van der Waals surface area contributed by atoms with Gasteiger partial charge in [-0.2, -0.15) is 4.31 Å². The third kappa shape index (κ3) is 5.74. The number of aliphatic imine (C=N–C) groups is 1. The number of nitrogens with zero attached hydrogens (tertiary/aromatic N) is 7. The molecule has 0 aliphatic carbocycles. The van der Waals surface area contributed by atoms with Gasteiger partial charge in [0.05, 0.1) is 5.69 Å². The van der Waals surface area contributed by atoms with Gasteiger partial charge in [0.25, 0.3) is 0 Å². The van der Waals surface area contributed by atoms with Crippen LogP contribution in [0.1, 0.15) is 37.1 Å². The molecule has 0 saturated carbocycles. The zero-order valence-electron chi connectivity index (χ0n) is 17.6. The first kappa shape index (κ1) is 23.9. The van der Waals surface area contributed by atoms with Gasteiger partial charge in [-0.3, -0.25) is 0 Å². The van der Waals surface area contributed by atoms with Crippen LogP contribution >= 0.6 is 24.0 Å². The van der Waals surface area contributed by atoms with Crippen LogP contribution in [-0.4, -0.2) is 76.2 Å². The molecule has 1 fully saturated rings. The van der Waals surface area contributed by atoms with Gasteiger partial charge < -0.3 is 19.3 Å². The molecule has 1 saturated heterocycles. The highest BCUT2D eigenvalue weighted by molar-refractivity contribution is 14.0. The molecule has 0 aromatic carbocycles. The second-order valence-corrected chi connectivity index (χ2v) is 9.41. The van der Waals surface area contributed by atoms with Crippen molar-refractivity contribution in [2.24, 2.45) is 4.99 Å². The Hall–Kier alpha value is -1.74. The van der Waals surface area contributed by atoms with E-state index in [1.807, 2.05) is 6.92 Å². The predicted octanol–water partition coefficient (Wildman–Crippen LogP) is 0.834. The molecule has 2 aromatic rings. The molecule has 0 amide bonds. The summed E-state index contributed by atoms with van der Waals surface area (Å²) in [5.74, 6) is 2.56. The molecule has 2 aliphatic heterocycles. The molecule has 2 aliphatic rings. The van der Waals surface area contributed by atoms with E-state index >= 15 is 0 Å². The third-order valence-electron chi connectivity index (χ3n) is 5.39. The van der Waals surface area contributed by atoms with Crippen LogP contribution in [0.15, 0.2) is 21.8 Å². The molecule has 0 atom stereocenters. The number of aryl methyl sites for hydroxylation is 1. The molecule has 31 heavy (non-hydrogen) atoms. The number of halogens is 1. The summed E-state index contributed by atoms with van der Waals surface area (Å²) < 4.78 is 33.7. The molecule has 0 spiro atoms. The van der Waals surface area contributed by atoms with Crippen LogP contribution in [-0.2, 0) is 35.3 Å². The lowest BCUT2D eigenvalue weighted by Crippen LogP contribution is -2.53. The van der Waals surface area contributed by atoms with Crippen LogP contribution < -0.4 is 5.32 Å². The Kier molecular flexibility index (Phi) is 8.27. The van der Waals surface area contributed by atoms with Crippen LogP contribution in [0, 0.1) is 0 Å². The molecule has 11 nitrogen and oxygen atoms in total. The lowest BCUT2D eigenvalue weighted by atomic mass is 10.2. The Bertz CT molecular complexity index is 968. The summed E-state index contributed by atoms with van der Waals surface area (Å²) in [6.07, 6.45) is 4.66. The number of piperazine rings is 1. The quantitative estimate of drug-likeness (QED) is 0.311. The molecule has 2 aromatic heterocycles. The van der Waals surface area contributed by atoms with Gasteiger partial charge in [0, 0.05) is 51.8 Å². The van der Waals surface area contributed by atoms with E-state index < -0.39 is 10.0 Å². The van der Waals surface area contributed by atoms with Crippen LogP contribution in [0.4, 0.5) is 0 Å². The van der Waals surface area contributed by atoms with Crippen molar-refractivity contribution >= 4 is 40.0 Å². The second-order valence-electron chi connectivity index (χ2n) is 7.44. The van der Waals surface area contributed by atoms with E-state index in [0.717, 1.165) is 50.0 Å². The lowest BCUT2D eigenvalue weighted by Gasteiger charge is -2.35. The Balaban J connectivity index is 0.00000272. The number of hydrogen-bond donors (Lipinski definition) is 1. The van der Waals surface area contributed by atoms with Crippen molar-refractivity contribution in [3.8, 4) is 0 Å². The first-order valence-electron chi connectivity index (χ1n) is 10.4. The van der Waals surface area contributed by atoms with Crippen LogP contribution in [0.2, 0.25) is 0 Å². The standard InChI is InChI=1S/C18H28N8O3S.HI/c1-2-19-18(20-13-17-22-21-16-5-3-4-7-26(16)17)24-8-10-25(11-9-24)30(27,28)14-15-6-12-29-23-15;/h6,12H,2-5,7-11,13-14H2,1H3,(H,19,20);1H. The van der Waals surface area contributed by atoms with Crippen molar-refractivity contribution in [2.45, 2.75) is 45.0 Å². The Morgan fingerprint density at radius 1 is 1.19 bits per heavy atom. The summed E-state index contributed by atoms with van der Waals surface area (Å²) in [6, 6.07) is 1.58. The van der Waals surface area contributed by atoms with Crippen LogP contribution in [0.25, 0.3) is 0 Å². The average molecular weight is 564 g/mol. The predicted molar refractivity (Wildman–Crippen MR) is 125 cm³/mol. The number of nitrogens with one attached hydrogen (secondary N) is 1. The summed E-state index contributed by atoms with van der Waals surface area (Å²) >= 11 is 0. The zero-order valence-corrected chi connectivity index (χ0v) is 20.8. The monoisotopic (exact) mass is 564 g/mol. The van der Waals surface area contributed by atoms with E-state index in [1.54, 1.807) is 6.07 Å². The first-order chi connectivity index (χ1) is 14.6. The maximum atomic E-state index is 12.6. The summed E-state index contributed by atoms with van der Waals surface area (Å²) in [7, 11) is -3.42. The smallest absolute Gasteiger partial charge is 0.220 e. The number of sulfonamides is 1. The molecular formula is C18H29IN8O3S. The fraction of sp³-hybridized carbons (Fsp3) is 0.667. The van der Waals surface area contributed by atoms with E-state index in [9.17, 15) is 8.42 Å². The summed E-state index contributed by atoms with van der Waals surface area (Å²) in [6.45, 7) is 6.12. The zero-order chi connectivity index (χ0) is 21.0. The molecule has 1 N–H and O–H groups in total. The van der Waals surface area contributed by atoms with Crippen LogP contribution in [0.5, 0.6) is 0 Å². The van der Waals surface area contributed by atoms with E-state index in [4.69, 9.17) is 9.52 Å². The molecule has 172 valence electrons. The highest BCUT2D eigenvalue weighted by Crippen LogP contribution is 2.16. The van der Waals surface area contributed by atoms with E-state index in [0.29, 0.717) is 38.4 Å².